The molecule has 0 radical (unpaired) electrons. The number of ether oxygens (including phenoxy) is 1. The summed E-state index contributed by atoms with van der Waals surface area (Å²) >= 11 is 5.87. The van der Waals surface area contributed by atoms with Crippen LogP contribution in [0.1, 0.15) is 31.4 Å². The average Bonchev–Trinajstić information content (AvgIpc) is 2.73. The van der Waals surface area contributed by atoms with Crippen LogP contribution in [0.3, 0.4) is 0 Å². The van der Waals surface area contributed by atoms with Gasteiger partial charge in [0.05, 0.1) is 12.6 Å². The molecule has 2 aromatic heterocycles. The maximum atomic E-state index is 5.87. The lowest BCUT2D eigenvalue weighted by molar-refractivity contribution is 0.119. The van der Waals surface area contributed by atoms with E-state index in [4.69, 9.17) is 16.3 Å². The second-order valence-electron chi connectivity index (χ2n) is 4.64. The Labute approximate surface area is 118 Å². The molecule has 2 aromatic rings. The number of aryl methyl sites for hydroxylation is 2. The molecular weight excluding hydrogens is 262 g/mol. The summed E-state index contributed by atoms with van der Waals surface area (Å²) in [6.07, 6.45) is 0.743. The molecular formula is C14H20ClN3O. The number of imidazole rings is 1. The highest BCUT2D eigenvalue weighted by Gasteiger charge is 2.16. The molecule has 0 aromatic carbocycles. The van der Waals surface area contributed by atoms with Gasteiger partial charge in [-0.3, -0.25) is 0 Å². The summed E-state index contributed by atoms with van der Waals surface area (Å²) in [6.45, 7) is 7.49. The van der Waals surface area contributed by atoms with E-state index in [1.807, 2.05) is 26.0 Å². The van der Waals surface area contributed by atoms with E-state index >= 15 is 0 Å². The molecule has 0 aliphatic carbocycles. The summed E-state index contributed by atoms with van der Waals surface area (Å²) < 4.78 is 7.68. The van der Waals surface area contributed by atoms with E-state index in [2.05, 4.69) is 21.5 Å². The van der Waals surface area contributed by atoms with Gasteiger partial charge >= 0.3 is 0 Å². The number of hydrogen-bond acceptors (Lipinski definition) is 3. The maximum Gasteiger partial charge on any atom is 0.160 e. The Balaban J connectivity index is 2.46. The quantitative estimate of drug-likeness (QED) is 0.764. The Hall–Kier alpha value is -1.13. The summed E-state index contributed by atoms with van der Waals surface area (Å²) in [5.41, 5.74) is 2.84. The van der Waals surface area contributed by atoms with Crippen molar-refractivity contribution in [1.29, 1.82) is 0 Å². The lowest BCUT2D eigenvalue weighted by atomic mass is 10.3. The van der Waals surface area contributed by atoms with Gasteiger partial charge in [0.25, 0.3) is 0 Å². The van der Waals surface area contributed by atoms with Crippen LogP contribution in [0.25, 0.3) is 11.2 Å². The molecule has 1 atom stereocenters. The first-order chi connectivity index (χ1) is 9.17. The van der Waals surface area contributed by atoms with Gasteiger partial charge in [0.2, 0.25) is 0 Å². The molecule has 104 valence electrons. The molecule has 5 heteroatoms. The van der Waals surface area contributed by atoms with Crippen LogP contribution in [0.5, 0.6) is 0 Å². The number of alkyl halides is 1. The smallest absolute Gasteiger partial charge is 0.160 e. The van der Waals surface area contributed by atoms with E-state index < -0.39 is 0 Å². The van der Waals surface area contributed by atoms with Crippen LogP contribution in [-0.4, -0.2) is 33.6 Å². The molecule has 0 saturated heterocycles. The minimum atomic E-state index is 0.206. The zero-order valence-corrected chi connectivity index (χ0v) is 12.4. The van der Waals surface area contributed by atoms with E-state index in [0.29, 0.717) is 19.1 Å². The third-order valence-corrected chi connectivity index (χ3v) is 3.26. The topological polar surface area (TPSA) is 39.9 Å². The maximum absolute atomic E-state index is 5.87. The van der Waals surface area contributed by atoms with E-state index in [1.165, 1.54) is 0 Å². The summed E-state index contributed by atoms with van der Waals surface area (Å²) in [5, 5.41) is 0. The van der Waals surface area contributed by atoms with Crippen LogP contribution < -0.4 is 0 Å². The minimum Gasteiger partial charge on any atom is -0.380 e. The molecule has 0 saturated carbocycles. The van der Waals surface area contributed by atoms with Crippen molar-refractivity contribution in [1.82, 2.24) is 14.5 Å². The van der Waals surface area contributed by atoms with Crippen molar-refractivity contribution in [2.75, 3.05) is 19.1 Å². The fraction of sp³-hybridized carbons (Fsp3) is 0.571. The van der Waals surface area contributed by atoms with Gasteiger partial charge in [-0.05, 0) is 32.9 Å². The molecule has 0 fully saturated rings. The Morgan fingerprint density at radius 1 is 1.37 bits per heavy atom. The van der Waals surface area contributed by atoms with Gasteiger partial charge in [-0.2, -0.15) is 0 Å². The van der Waals surface area contributed by atoms with Crippen LogP contribution in [0.4, 0.5) is 0 Å². The largest absolute Gasteiger partial charge is 0.380 e. The molecule has 0 aliphatic heterocycles. The second-order valence-corrected chi connectivity index (χ2v) is 5.02. The monoisotopic (exact) mass is 281 g/mol. The number of aromatic nitrogens is 3. The third kappa shape index (κ3) is 3.07. The second kappa shape index (κ2) is 6.35. The van der Waals surface area contributed by atoms with Crippen molar-refractivity contribution in [3.05, 3.63) is 23.7 Å². The number of fused-ring (bicyclic) bond motifs is 1. The van der Waals surface area contributed by atoms with Gasteiger partial charge in [-0.25, -0.2) is 9.97 Å². The number of hydrogen-bond donors (Lipinski definition) is 0. The van der Waals surface area contributed by atoms with Crippen molar-refractivity contribution in [3.8, 4) is 0 Å². The van der Waals surface area contributed by atoms with Crippen LogP contribution in [-0.2, 0) is 11.2 Å². The molecule has 2 heterocycles. The number of rotatable bonds is 6. The van der Waals surface area contributed by atoms with Crippen LogP contribution in [0, 0.1) is 6.92 Å². The summed E-state index contributed by atoms with van der Waals surface area (Å²) in [6, 6.07) is 4.20. The molecule has 4 nitrogen and oxygen atoms in total. The number of pyridine rings is 1. The van der Waals surface area contributed by atoms with E-state index in [0.717, 1.165) is 29.1 Å². The Kier molecular flexibility index (Phi) is 4.77. The first-order valence-corrected chi connectivity index (χ1v) is 7.19. The Morgan fingerprint density at radius 2 is 2.16 bits per heavy atom. The third-order valence-electron chi connectivity index (χ3n) is 3.07. The summed E-state index contributed by atoms with van der Waals surface area (Å²) in [5.74, 6) is 1.54. The van der Waals surface area contributed by atoms with Gasteiger partial charge < -0.3 is 9.30 Å². The predicted octanol–water partition coefficient (Wildman–Crippen LogP) is 3.12. The van der Waals surface area contributed by atoms with Crippen molar-refractivity contribution in [3.63, 3.8) is 0 Å². The SMILES string of the molecule is CCOCC(C)n1c(CCCl)nc2ccc(C)nc21. The average molecular weight is 282 g/mol. The zero-order chi connectivity index (χ0) is 13.8. The Bertz CT molecular complexity index is 553. The fourth-order valence-corrected chi connectivity index (χ4v) is 2.37. The molecule has 2 rings (SSSR count). The van der Waals surface area contributed by atoms with Gasteiger partial charge in [0, 0.05) is 24.6 Å². The Morgan fingerprint density at radius 3 is 2.84 bits per heavy atom. The van der Waals surface area contributed by atoms with Gasteiger partial charge in [0.15, 0.2) is 5.65 Å². The molecule has 0 N–H and O–H groups in total. The number of nitrogens with zero attached hydrogens (tertiary/aromatic N) is 3. The van der Waals surface area contributed by atoms with Gasteiger partial charge in [0.1, 0.15) is 11.3 Å². The molecule has 0 bridgehead atoms. The highest BCUT2D eigenvalue weighted by molar-refractivity contribution is 6.17. The minimum absolute atomic E-state index is 0.206. The first kappa shape index (κ1) is 14.3. The predicted molar refractivity (Wildman–Crippen MR) is 77.9 cm³/mol. The van der Waals surface area contributed by atoms with Crippen molar-refractivity contribution in [2.24, 2.45) is 0 Å². The van der Waals surface area contributed by atoms with E-state index in [-0.39, 0.29) is 6.04 Å². The van der Waals surface area contributed by atoms with Crippen LogP contribution in [0.15, 0.2) is 12.1 Å². The molecule has 1 unspecified atom stereocenters. The summed E-state index contributed by atoms with van der Waals surface area (Å²) in [4.78, 5) is 9.24. The van der Waals surface area contributed by atoms with Crippen molar-refractivity contribution in [2.45, 2.75) is 33.2 Å². The highest BCUT2D eigenvalue weighted by atomic mass is 35.5. The standard InChI is InChI=1S/C14H20ClN3O/c1-4-19-9-11(3)18-13(7-8-15)17-12-6-5-10(2)16-14(12)18/h5-6,11H,4,7-9H2,1-3H3. The van der Waals surface area contributed by atoms with Crippen LogP contribution in [0.2, 0.25) is 0 Å². The zero-order valence-electron chi connectivity index (χ0n) is 11.7. The summed E-state index contributed by atoms with van der Waals surface area (Å²) in [7, 11) is 0. The normalized spacial score (nSPS) is 13.1. The van der Waals surface area contributed by atoms with Crippen LogP contribution >= 0.6 is 11.6 Å². The van der Waals surface area contributed by atoms with E-state index in [9.17, 15) is 0 Å². The molecule has 0 aliphatic rings. The van der Waals surface area contributed by atoms with E-state index in [1.54, 1.807) is 0 Å². The molecule has 0 spiro atoms. The molecule has 0 amide bonds. The highest BCUT2D eigenvalue weighted by Crippen LogP contribution is 2.21. The van der Waals surface area contributed by atoms with Gasteiger partial charge in [-0.1, -0.05) is 0 Å². The lowest BCUT2D eigenvalue weighted by Crippen LogP contribution is -2.16. The first-order valence-electron chi connectivity index (χ1n) is 6.65. The lowest BCUT2D eigenvalue weighted by Gasteiger charge is -2.16. The number of halogens is 1. The van der Waals surface area contributed by atoms with Crippen molar-refractivity contribution < 1.29 is 4.74 Å². The van der Waals surface area contributed by atoms with Crippen molar-refractivity contribution >= 4 is 22.8 Å². The van der Waals surface area contributed by atoms with Gasteiger partial charge in [-0.15, -0.1) is 11.6 Å². The fourth-order valence-electron chi connectivity index (χ4n) is 2.20. The molecule has 19 heavy (non-hydrogen) atoms.